The van der Waals surface area contributed by atoms with Gasteiger partial charge in [0.25, 0.3) is 0 Å². The molecule has 1 heterocycles. The molecule has 0 unspecified atom stereocenters. The number of rotatable bonds is 4. The van der Waals surface area contributed by atoms with Crippen molar-refractivity contribution in [3.63, 3.8) is 0 Å². The second-order valence-corrected chi connectivity index (χ2v) is 6.21. The van der Waals surface area contributed by atoms with Crippen molar-refractivity contribution in [3.05, 3.63) is 29.3 Å². The topological polar surface area (TPSA) is 39.1 Å². The fourth-order valence-corrected chi connectivity index (χ4v) is 3.15. The summed E-state index contributed by atoms with van der Waals surface area (Å²) in [6, 6.07) is 9.24. The molecule has 0 spiro atoms. The summed E-state index contributed by atoms with van der Waals surface area (Å²) in [6.45, 7) is 5.51. The highest BCUT2D eigenvalue weighted by Crippen LogP contribution is 2.35. The van der Waals surface area contributed by atoms with E-state index in [9.17, 15) is 5.26 Å². The van der Waals surface area contributed by atoms with Crippen LogP contribution in [0.25, 0.3) is 0 Å². The Hall–Kier alpha value is -1.53. The third kappa shape index (κ3) is 2.96. The molecule has 20 heavy (non-hydrogen) atoms. The summed E-state index contributed by atoms with van der Waals surface area (Å²) in [4.78, 5) is 2.52. The molecule has 0 radical (unpaired) electrons. The molecule has 106 valence electrons. The fraction of sp³-hybridized carbons (Fsp3) is 0.588. The average Bonchev–Trinajstić information content (AvgIpc) is 3.30. The minimum Gasteiger partial charge on any atom is -0.367 e. The Bertz CT molecular complexity index is 507. The largest absolute Gasteiger partial charge is 0.367 e. The Morgan fingerprint density at radius 2 is 2.00 bits per heavy atom. The first-order valence-corrected chi connectivity index (χ1v) is 7.76. The van der Waals surface area contributed by atoms with Crippen molar-refractivity contribution in [2.24, 2.45) is 5.92 Å². The van der Waals surface area contributed by atoms with E-state index in [2.05, 4.69) is 29.3 Å². The zero-order valence-electron chi connectivity index (χ0n) is 12.2. The van der Waals surface area contributed by atoms with Crippen LogP contribution < -0.4 is 10.2 Å². The Kier molecular flexibility index (Phi) is 3.93. The third-order valence-electron chi connectivity index (χ3n) is 4.48. The van der Waals surface area contributed by atoms with Crippen molar-refractivity contribution in [2.45, 2.75) is 38.6 Å². The standard InChI is InChI=1S/C17H23N3/c1-13-2-3-15(11-18)17(10-13)20(16-4-5-16)12-14-6-8-19-9-7-14/h2-3,10,14,16,19H,4-9,12H2,1H3. The number of anilines is 1. The van der Waals surface area contributed by atoms with Gasteiger partial charge in [-0.3, -0.25) is 0 Å². The molecule has 3 heteroatoms. The number of nitrogens with zero attached hydrogens (tertiary/aromatic N) is 2. The summed E-state index contributed by atoms with van der Waals surface area (Å²) in [7, 11) is 0. The highest BCUT2D eigenvalue weighted by molar-refractivity contribution is 5.62. The van der Waals surface area contributed by atoms with E-state index in [-0.39, 0.29) is 0 Å². The third-order valence-corrected chi connectivity index (χ3v) is 4.48. The van der Waals surface area contributed by atoms with Crippen molar-refractivity contribution in [3.8, 4) is 6.07 Å². The van der Waals surface area contributed by atoms with Gasteiger partial charge >= 0.3 is 0 Å². The molecule has 2 aliphatic rings. The second-order valence-electron chi connectivity index (χ2n) is 6.21. The minimum atomic E-state index is 0.666. The van der Waals surface area contributed by atoms with E-state index in [0.29, 0.717) is 6.04 Å². The minimum absolute atomic E-state index is 0.666. The van der Waals surface area contributed by atoms with E-state index >= 15 is 0 Å². The van der Waals surface area contributed by atoms with Crippen molar-refractivity contribution in [1.29, 1.82) is 5.26 Å². The average molecular weight is 269 g/mol. The van der Waals surface area contributed by atoms with Crippen LogP contribution >= 0.6 is 0 Å². The van der Waals surface area contributed by atoms with E-state index < -0.39 is 0 Å². The van der Waals surface area contributed by atoms with Crippen LogP contribution in [0.4, 0.5) is 5.69 Å². The zero-order valence-corrected chi connectivity index (χ0v) is 12.2. The maximum Gasteiger partial charge on any atom is 0.101 e. The molecule has 0 atom stereocenters. The first-order chi connectivity index (χ1) is 9.78. The van der Waals surface area contributed by atoms with E-state index in [0.717, 1.165) is 36.8 Å². The van der Waals surface area contributed by atoms with Gasteiger partial charge in [-0.1, -0.05) is 6.07 Å². The predicted octanol–water partition coefficient (Wildman–Crippen LogP) is 2.84. The first kappa shape index (κ1) is 13.5. The SMILES string of the molecule is Cc1ccc(C#N)c(N(CC2CCNCC2)C2CC2)c1. The molecule has 1 aromatic carbocycles. The van der Waals surface area contributed by atoms with Crippen molar-refractivity contribution < 1.29 is 0 Å². The molecule has 3 nitrogen and oxygen atoms in total. The number of benzene rings is 1. The highest BCUT2D eigenvalue weighted by Gasteiger charge is 2.32. The van der Waals surface area contributed by atoms with Gasteiger partial charge in [0, 0.05) is 12.6 Å². The quantitative estimate of drug-likeness (QED) is 0.913. The fourth-order valence-electron chi connectivity index (χ4n) is 3.15. The van der Waals surface area contributed by atoms with Crippen LogP contribution in [0.15, 0.2) is 18.2 Å². The van der Waals surface area contributed by atoms with Gasteiger partial charge in [-0.15, -0.1) is 0 Å². The molecule has 1 saturated carbocycles. The maximum absolute atomic E-state index is 9.38. The Morgan fingerprint density at radius 3 is 2.65 bits per heavy atom. The highest BCUT2D eigenvalue weighted by atomic mass is 15.2. The first-order valence-electron chi connectivity index (χ1n) is 7.76. The smallest absolute Gasteiger partial charge is 0.101 e. The Balaban J connectivity index is 1.83. The van der Waals surface area contributed by atoms with Crippen molar-refractivity contribution in [2.75, 3.05) is 24.5 Å². The van der Waals surface area contributed by atoms with Gasteiger partial charge in [-0.25, -0.2) is 0 Å². The number of nitrogens with one attached hydrogen (secondary N) is 1. The molecule has 2 fully saturated rings. The molecule has 0 amide bonds. The van der Waals surface area contributed by atoms with E-state index in [4.69, 9.17) is 0 Å². The second kappa shape index (κ2) is 5.85. The lowest BCUT2D eigenvalue weighted by atomic mass is 9.96. The molecule has 1 N–H and O–H groups in total. The molecule has 1 aromatic rings. The molecule has 3 rings (SSSR count). The lowest BCUT2D eigenvalue weighted by Gasteiger charge is -2.32. The van der Waals surface area contributed by atoms with Gasteiger partial charge in [0.2, 0.25) is 0 Å². The summed E-state index contributed by atoms with van der Waals surface area (Å²) in [5.41, 5.74) is 3.24. The number of hydrogen-bond acceptors (Lipinski definition) is 3. The van der Waals surface area contributed by atoms with Crippen molar-refractivity contribution in [1.82, 2.24) is 5.32 Å². The molecule has 1 aliphatic carbocycles. The number of hydrogen-bond donors (Lipinski definition) is 1. The number of aryl methyl sites for hydroxylation is 1. The Morgan fingerprint density at radius 1 is 1.25 bits per heavy atom. The Labute approximate surface area is 121 Å². The van der Waals surface area contributed by atoms with Gasteiger partial charge in [-0.05, 0) is 69.3 Å². The molecular formula is C17H23N3. The molecule has 1 saturated heterocycles. The van der Waals surface area contributed by atoms with Gasteiger partial charge in [0.05, 0.1) is 11.3 Å². The van der Waals surface area contributed by atoms with Gasteiger partial charge < -0.3 is 10.2 Å². The zero-order chi connectivity index (χ0) is 13.9. The lowest BCUT2D eigenvalue weighted by molar-refractivity contribution is 0.372. The van der Waals surface area contributed by atoms with E-state index in [1.807, 2.05) is 12.1 Å². The summed E-state index contributed by atoms with van der Waals surface area (Å²) >= 11 is 0. The van der Waals surface area contributed by atoms with E-state index in [1.165, 1.54) is 31.2 Å². The van der Waals surface area contributed by atoms with Crippen LogP contribution in [0.1, 0.15) is 36.8 Å². The summed E-state index contributed by atoms with van der Waals surface area (Å²) in [6.07, 6.45) is 5.08. The van der Waals surface area contributed by atoms with Crippen LogP contribution in [0.2, 0.25) is 0 Å². The molecular weight excluding hydrogens is 246 g/mol. The van der Waals surface area contributed by atoms with Gasteiger partial charge in [0.15, 0.2) is 0 Å². The summed E-state index contributed by atoms with van der Waals surface area (Å²) < 4.78 is 0. The van der Waals surface area contributed by atoms with Crippen LogP contribution in [-0.4, -0.2) is 25.7 Å². The molecule has 1 aliphatic heterocycles. The monoisotopic (exact) mass is 269 g/mol. The van der Waals surface area contributed by atoms with Crippen LogP contribution in [0.5, 0.6) is 0 Å². The molecule has 0 aromatic heterocycles. The van der Waals surface area contributed by atoms with Gasteiger partial charge in [0.1, 0.15) is 6.07 Å². The summed E-state index contributed by atoms with van der Waals surface area (Å²) in [5.74, 6) is 0.768. The maximum atomic E-state index is 9.38. The van der Waals surface area contributed by atoms with Crippen LogP contribution in [-0.2, 0) is 0 Å². The number of nitriles is 1. The summed E-state index contributed by atoms with van der Waals surface area (Å²) in [5, 5.41) is 12.8. The molecule has 0 bridgehead atoms. The van der Waals surface area contributed by atoms with Crippen LogP contribution in [0, 0.1) is 24.2 Å². The van der Waals surface area contributed by atoms with Crippen molar-refractivity contribution >= 4 is 5.69 Å². The number of piperidine rings is 1. The normalized spacial score (nSPS) is 19.6. The lowest BCUT2D eigenvalue weighted by Crippen LogP contribution is -2.37. The van der Waals surface area contributed by atoms with E-state index in [1.54, 1.807) is 0 Å². The van der Waals surface area contributed by atoms with Gasteiger partial charge in [-0.2, -0.15) is 5.26 Å². The predicted molar refractivity (Wildman–Crippen MR) is 81.9 cm³/mol. The van der Waals surface area contributed by atoms with Crippen LogP contribution in [0.3, 0.4) is 0 Å².